The summed E-state index contributed by atoms with van der Waals surface area (Å²) in [4.78, 5) is 61.0. The minimum Gasteiger partial charge on any atom is -0.465 e. The summed E-state index contributed by atoms with van der Waals surface area (Å²) >= 11 is 0. The highest BCUT2D eigenvalue weighted by molar-refractivity contribution is 6.05. The summed E-state index contributed by atoms with van der Waals surface area (Å²) in [7, 11) is 1.29. The van der Waals surface area contributed by atoms with Gasteiger partial charge < -0.3 is 14.8 Å². The maximum Gasteiger partial charge on any atom is 0.337 e. The van der Waals surface area contributed by atoms with Crippen LogP contribution in [-0.4, -0.2) is 54.8 Å². The third kappa shape index (κ3) is 5.36. The zero-order chi connectivity index (χ0) is 22.4. The second-order valence-electron chi connectivity index (χ2n) is 7.36. The maximum absolute atomic E-state index is 12.4. The fourth-order valence-corrected chi connectivity index (χ4v) is 3.64. The molecule has 0 spiro atoms. The van der Waals surface area contributed by atoms with Gasteiger partial charge in [-0.2, -0.15) is 0 Å². The van der Waals surface area contributed by atoms with E-state index < -0.39 is 24.5 Å². The molecule has 0 unspecified atom stereocenters. The Labute approximate surface area is 179 Å². The van der Waals surface area contributed by atoms with Gasteiger partial charge in [-0.15, -0.1) is 0 Å². The molecule has 0 radical (unpaired) electrons. The summed E-state index contributed by atoms with van der Waals surface area (Å²) in [6, 6.07) is 6.52. The molecule has 0 bridgehead atoms. The minimum atomic E-state index is -0.661. The van der Waals surface area contributed by atoms with Gasteiger partial charge in [0.15, 0.2) is 6.61 Å². The minimum absolute atomic E-state index is 0.0440. The summed E-state index contributed by atoms with van der Waals surface area (Å²) in [5.41, 5.74) is 1.16. The SMILES string of the molecule is COC(=O)c1ccc(CNC(=O)COC(=O)CCN2C(=O)[C@H]3CC=CC[C@@H]3C2=O)cc1. The van der Waals surface area contributed by atoms with Crippen LogP contribution in [0.1, 0.15) is 35.2 Å². The van der Waals surface area contributed by atoms with E-state index in [9.17, 15) is 24.0 Å². The average molecular weight is 428 g/mol. The van der Waals surface area contributed by atoms with Gasteiger partial charge in [0.25, 0.3) is 5.91 Å². The highest BCUT2D eigenvalue weighted by Gasteiger charge is 2.46. The van der Waals surface area contributed by atoms with Gasteiger partial charge in [-0.25, -0.2) is 4.79 Å². The van der Waals surface area contributed by atoms with Crippen LogP contribution in [-0.2, 0) is 35.2 Å². The van der Waals surface area contributed by atoms with Gasteiger partial charge in [-0.3, -0.25) is 24.1 Å². The lowest BCUT2D eigenvalue weighted by Crippen LogP contribution is -2.34. The van der Waals surface area contributed by atoms with Crippen LogP contribution >= 0.6 is 0 Å². The number of likely N-dealkylation sites (tertiary alicyclic amines) is 1. The molecule has 1 fully saturated rings. The van der Waals surface area contributed by atoms with Crippen LogP contribution in [0.15, 0.2) is 36.4 Å². The number of fused-ring (bicyclic) bond motifs is 1. The van der Waals surface area contributed by atoms with Crippen molar-refractivity contribution in [2.45, 2.75) is 25.8 Å². The zero-order valence-electron chi connectivity index (χ0n) is 17.2. The van der Waals surface area contributed by atoms with Gasteiger partial charge in [0.1, 0.15) is 0 Å². The second-order valence-corrected chi connectivity index (χ2v) is 7.36. The molecule has 2 atom stereocenters. The molecule has 1 aliphatic heterocycles. The number of carbonyl (C=O) groups is 5. The topological polar surface area (TPSA) is 119 Å². The fraction of sp³-hybridized carbons (Fsp3) is 0.409. The number of amides is 3. The summed E-state index contributed by atoms with van der Waals surface area (Å²) < 4.78 is 9.55. The lowest BCUT2D eigenvalue weighted by Gasteiger charge is -2.14. The number of allylic oxidation sites excluding steroid dienone is 2. The molecule has 31 heavy (non-hydrogen) atoms. The normalized spacial score (nSPS) is 19.7. The monoisotopic (exact) mass is 428 g/mol. The van der Waals surface area contributed by atoms with E-state index in [4.69, 9.17) is 4.74 Å². The molecular weight excluding hydrogens is 404 g/mol. The van der Waals surface area contributed by atoms with E-state index in [-0.39, 0.29) is 43.2 Å². The van der Waals surface area contributed by atoms with Gasteiger partial charge >= 0.3 is 11.9 Å². The van der Waals surface area contributed by atoms with Crippen LogP contribution in [0.25, 0.3) is 0 Å². The van der Waals surface area contributed by atoms with Gasteiger partial charge in [0, 0.05) is 13.1 Å². The first-order valence-corrected chi connectivity index (χ1v) is 10.0. The van der Waals surface area contributed by atoms with Crippen molar-refractivity contribution in [2.75, 3.05) is 20.3 Å². The molecule has 2 aliphatic rings. The van der Waals surface area contributed by atoms with Crippen LogP contribution in [0, 0.1) is 11.8 Å². The van der Waals surface area contributed by atoms with Gasteiger partial charge in [0.2, 0.25) is 11.8 Å². The number of ether oxygens (including phenoxy) is 2. The molecule has 3 rings (SSSR count). The van der Waals surface area contributed by atoms with Crippen molar-refractivity contribution in [3.05, 3.63) is 47.5 Å². The Bertz CT molecular complexity index is 881. The summed E-state index contributed by atoms with van der Waals surface area (Å²) in [6.07, 6.45) is 4.72. The number of methoxy groups -OCH3 is 1. The standard InChI is InChI=1S/C22H24N2O7/c1-30-22(29)15-8-6-14(7-9-15)12-23-18(25)13-31-19(26)10-11-24-20(27)16-4-2-3-5-17(16)21(24)28/h2-3,6-9,16-17H,4-5,10-13H2,1H3,(H,23,25)/t16-,17-/m0/s1. The van der Waals surface area contributed by atoms with E-state index >= 15 is 0 Å². The molecule has 1 saturated heterocycles. The van der Waals surface area contributed by atoms with E-state index in [0.717, 1.165) is 10.5 Å². The highest BCUT2D eigenvalue weighted by Crippen LogP contribution is 2.34. The summed E-state index contributed by atoms with van der Waals surface area (Å²) in [5.74, 6) is -2.76. The molecule has 3 amide bonds. The van der Waals surface area contributed by atoms with Crippen LogP contribution in [0.2, 0.25) is 0 Å². The van der Waals surface area contributed by atoms with Crippen molar-refractivity contribution >= 4 is 29.7 Å². The van der Waals surface area contributed by atoms with E-state index in [1.807, 2.05) is 12.2 Å². The fourth-order valence-electron chi connectivity index (χ4n) is 3.64. The predicted molar refractivity (Wildman–Crippen MR) is 107 cm³/mol. The zero-order valence-corrected chi connectivity index (χ0v) is 17.2. The van der Waals surface area contributed by atoms with E-state index in [0.29, 0.717) is 18.4 Å². The Morgan fingerprint density at radius 1 is 1.03 bits per heavy atom. The van der Waals surface area contributed by atoms with Crippen LogP contribution in [0.4, 0.5) is 0 Å². The third-order valence-corrected chi connectivity index (χ3v) is 5.37. The number of hydrogen-bond acceptors (Lipinski definition) is 7. The molecule has 1 aromatic carbocycles. The van der Waals surface area contributed by atoms with E-state index in [2.05, 4.69) is 10.1 Å². The quantitative estimate of drug-likeness (QED) is 0.372. The molecule has 1 heterocycles. The van der Waals surface area contributed by atoms with Crippen LogP contribution in [0.3, 0.4) is 0 Å². The Hall–Kier alpha value is -3.49. The molecule has 1 aliphatic carbocycles. The number of imide groups is 1. The van der Waals surface area contributed by atoms with Crippen LogP contribution < -0.4 is 5.32 Å². The first-order chi connectivity index (χ1) is 14.9. The first-order valence-electron chi connectivity index (χ1n) is 10.0. The predicted octanol–water partition coefficient (Wildman–Crippen LogP) is 0.974. The summed E-state index contributed by atoms with van der Waals surface area (Å²) in [5, 5.41) is 2.60. The number of hydrogen-bond donors (Lipinski definition) is 1. The smallest absolute Gasteiger partial charge is 0.337 e. The van der Waals surface area contributed by atoms with Gasteiger partial charge in [-0.1, -0.05) is 24.3 Å². The van der Waals surface area contributed by atoms with Gasteiger partial charge in [0.05, 0.1) is 30.9 Å². The van der Waals surface area contributed by atoms with E-state index in [1.54, 1.807) is 24.3 Å². The van der Waals surface area contributed by atoms with Gasteiger partial charge in [-0.05, 0) is 30.5 Å². The number of esters is 2. The molecule has 0 aromatic heterocycles. The maximum atomic E-state index is 12.4. The van der Waals surface area contributed by atoms with Crippen molar-refractivity contribution in [3.8, 4) is 0 Å². The summed E-state index contributed by atoms with van der Waals surface area (Å²) in [6.45, 7) is -0.306. The molecule has 9 nitrogen and oxygen atoms in total. The van der Waals surface area contributed by atoms with Crippen molar-refractivity contribution in [1.82, 2.24) is 10.2 Å². The highest BCUT2D eigenvalue weighted by atomic mass is 16.5. The third-order valence-electron chi connectivity index (χ3n) is 5.37. The van der Waals surface area contributed by atoms with Crippen molar-refractivity contribution in [3.63, 3.8) is 0 Å². The molecular formula is C22H24N2O7. The number of nitrogens with one attached hydrogen (secondary N) is 1. The molecule has 1 N–H and O–H groups in total. The largest absolute Gasteiger partial charge is 0.465 e. The van der Waals surface area contributed by atoms with Crippen molar-refractivity contribution in [1.29, 1.82) is 0 Å². The second kappa shape index (κ2) is 10.0. The number of benzene rings is 1. The number of rotatable bonds is 8. The van der Waals surface area contributed by atoms with E-state index in [1.165, 1.54) is 7.11 Å². The molecule has 9 heteroatoms. The molecule has 0 saturated carbocycles. The van der Waals surface area contributed by atoms with Crippen LogP contribution in [0.5, 0.6) is 0 Å². The van der Waals surface area contributed by atoms with Crippen molar-refractivity contribution < 1.29 is 33.4 Å². The molecule has 164 valence electrons. The Morgan fingerprint density at radius 3 is 2.23 bits per heavy atom. The number of nitrogens with zero attached hydrogens (tertiary/aromatic N) is 1. The average Bonchev–Trinajstić information content (AvgIpc) is 3.04. The lowest BCUT2D eigenvalue weighted by molar-refractivity contribution is -0.150. The lowest BCUT2D eigenvalue weighted by atomic mass is 9.85. The Balaban J connectivity index is 1.37. The molecule has 1 aromatic rings. The van der Waals surface area contributed by atoms with Crippen molar-refractivity contribution in [2.24, 2.45) is 11.8 Å². The first kappa shape index (κ1) is 22.2. The Morgan fingerprint density at radius 2 is 1.65 bits per heavy atom. The Kier molecular flexibility index (Phi) is 7.17. The number of carbonyl (C=O) groups excluding carboxylic acids is 5.